The number of nitrogens with zero attached hydrogens (tertiary/aromatic N) is 2. The zero-order valence-corrected chi connectivity index (χ0v) is 10.6. The van der Waals surface area contributed by atoms with Crippen molar-refractivity contribution in [1.82, 2.24) is 15.3 Å². The summed E-state index contributed by atoms with van der Waals surface area (Å²) in [5.74, 6) is 1.27. The minimum atomic E-state index is 0.366. The largest absolute Gasteiger partial charge is 0.468 e. The summed E-state index contributed by atoms with van der Waals surface area (Å²) in [5, 5.41) is 3.28. The van der Waals surface area contributed by atoms with Crippen LogP contribution < -0.4 is 10.1 Å². The number of rotatable bonds is 6. The Morgan fingerprint density at radius 1 is 1.33 bits per heavy atom. The highest BCUT2D eigenvalue weighted by Crippen LogP contribution is 2.08. The number of hydrogen-bond acceptors (Lipinski definition) is 5. The Bertz CT molecular complexity index is 452. The summed E-state index contributed by atoms with van der Waals surface area (Å²) in [6, 6.07) is 4.11. The molecule has 0 aliphatic rings. The molecule has 0 unspecified atom stereocenters. The van der Waals surface area contributed by atoms with E-state index in [9.17, 15) is 0 Å². The van der Waals surface area contributed by atoms with E-state index in [0.717, 1.165) is 11.5 Å². The third-order valence-corrected chi connectivity index (χ3v) is 2.32. The Labute approximate surface area is 106 Å². The van der Waals surface area contributed by atoms with Crippen LogP contribution in [0.25, 0.3) is 0 Å². The number of furan rings is 1. The molecule has 0 radical (unpaired) electrons. The first-order valence-electron chi connectivity index (χ1n) is 5.93. The second-order valence-electron chi connectivity index (χ2n) is 4.25. The van der Waals surface area contributed by atoms with E-state index >= 15 is 0 Å². The second kappa shape index (κ2) is 6.16. The highest BCUT2D eigenvalue weighted by atomic mass is 16.5. The summed E-state index contributed by atoms with van der Waals surface area (Å²) in [6.45, 7) is 5.26. The molecule has 2 heterocycles. The zero-order valence-electron chi connectivity index (χ0n) is 10.6. The fourth-order valence-electron chi connectivity index (χ4n) is 1.36. The Hall–Kier alpha value is -1.88. The van der Waals surface area contributed by atoms with E-state index < -0.39 is 0 Å². The summed E-state index contributed by atoms with van der Waals surface area (Å²) in [7, 11) is 0. The molecule has 0 aliphatic carbocycles. The van der Waals surface area contributed by atoms with Gasteiger partial charge in [-0.2, -0.15) is 0 Å². The standard InChI is InChI=1S/C13H17N3O2/c1-10(2)14-6-11-7-16-13(8-15-11)18-9-12-4-3-5-17-12/h3-5,7-8,10,14H,6,9H2,1-2H3. The average Bonchev–Trinajstić information content (AvgIpc) is 2.88. The smallest absolute Gasteiger partial charge is 0.232 e. The lowest BCUT2D eigenvalue weighted by molar-refractivity contribution is 0.259. The van der Waals surface area contributed by atoms with Crippen LogP contribution in [0.15, 0.2) is 35.2 Å². The van der Waals surface area contributed by atoms with Gasteiger partial charge in [-0.1, -0.05) is 13.8 Å². The molecule has 5 nitrogen and oxygen atoms in total. The third-order valence-electron chi connectivity index (χ3n) is 2.32. The molecule has 0 bridgehead atoms. The number of nitrogens with one attached hydrogen (secondary N) is 1. The molecule has 96 valence electrons. The van der Waals surface area contributed by atoms with Crippen LogP contribution in [-0.4, -0.2) is 16.0 Å². The monoisotopic (exact) mass is 247 g/mol. The molecule has 5 heteroatoms. The quantitative estimate of drug-likeness (QED) is 0.847. The summed E-state index contributed by atoms with van der Waals surface area (Å²) in [6.07, 6.45) is 4.96. The van der Waals surface area contributed by atoms with Crippen molar-refractivity contribution in [3.8, 4) is 5.88 Å². The molecule has 18 heavy (non-hydrogen) atoms. The molecule has 0 amide bonds. The Morgan fingerprint density at radius 2 is 2.22 bits per heavy atom. The molecular formula is C13H17N3O2. The highest BCUT2D eigenvalue weighted by Gasteiger charge is 2.01. The SMILES string of the molecule is CC(C)NCc1cnc(OCc2ccco2)cn1. The van der Waals surface area contributed by atoms with Gasteiger partial charge in [-0.25, -0.2) is 4.98 Å². The lowest BCUT2D eigenvalue weighted by atomic mass is 10.3. The van der Waals surface area contributed by atoms with Crippen molar-refractivity contribution in [1.29, 1.82) is 0 Å². The maximum atomic E-state index is 5.44. The Balaban J connectivity index is 1.83. The zero-order chi connectivity index (χ0) is 12.8. The molecular weight excluding hydrogens is 230 g/mol. The number of ether oxygens (including phenoxy) is 1. The Kier molecular flexibility index (Phi) is 4.30. The van der Waals surface area contributed by atoms with Crippen molar-refractivity contribution >= 4 is 0 Å². The van der Waals surface area contributed by atoms with Crippen LogP contribution in [0, 0.1) is 0 Å². The van der Waals surface area contributed by atoms with Crippen LogP contribution in [0.5, 0.6) is 5.88 Å². The average molecular weight is 247 g/mol. The van der Waals surface area contributed by atoms with Gasteiger partial charge < -0.3 is 14.5 Å². The van der Waals surface area contributed by atoms with Gasteiger partial charge in [-0.15, -0.1) is 0 Å². The van der Waals surface area contributed by atoms with Crippen molar-refractivity contribution < 1.29 is 9.15 Å². The molecule has 0 fully saturated rings. The van der Waals surface area contributed by atoms with Crippen molar-refractivity contribution in [3.05, 3.63) is 42.2 Å². The van der Waals surface area contributed by atoms with Crippen molar-refractivity contribution in [2.24, 2.45) is 0 Å². The molecule has 1 N–H and O–H groups in total. The highest BCUT2D eigenvalue weighted by molar-refractivity contribution is 5.08. The van der Waals surface area contributed by atoms with E-state index in [1.165, 1.54) is 0 Å². The molecule has 2 aromatic rings. The first kappa shape index (κ1) is 12.6. The van der Waals surface area contributed by atoms with E-state index in [0.29, 0.717) is 25.1 Å². The minimum absolute atomic E-state index is 0.366. The van der Waals surface area contributed by atoms with Gasteiger partial charge in [0.2, 0.25) is 5.88 Å². The predicted octanol–water partition coefficient (Wildman–Crippen LogP) is 2.15. The van der Waals surface area contributed by atoms with Crippen LogP contribution in [0.3, 0.4) is 0 Å². The number of aromatic nitrogens is 2. The van der Waals surface area contributed by atoms with Crippen LogP contribution >= 0.6 is 0 Å². The molecule has 0 aliphatic heterocycles. The summed E-state index contributed by atoms with van der Waals surface area (Å²) in [5.41, 5.74) is 0.897. The van der Waals surface area contributed by atoms with Crippen LogP contribution in [-0.2, 0) is 13.2 Å². The van der Waals surface area contributed by atoms with Gasteiger partial charge in [0.05, 0.1) is 24.4 Å². The lowest BCUT2D eigenvalue weighted by Gasteiger charge is -2.07. The minimum Gasteiger partial charge on any atom is -0.468 e. The molecule has 0 aromatic carbocycles. The number of hydrogen-bond donors (Lipinski definition) is 1. The summed E-state index contributed by atoms with van der Waals surface area (Å²) in [4.78, 5) is 8.46. The van der Waals surface area contributed by atoms with Crippen LogP contribution in [0.4, 0.5) is 0 Å². The van der Waals surface area contributed by atoms with Crippen molar-refractivity contribution in [2.45, 2.75) is 33.0 Å². The predicted molar refractivity (Wildman–Crippen MR) is 67.0 cm³/mol. The van der Waals surface area contributed by atoms with E-state index in [1.54, 1.807) is 18.7 Å². The molecule has 0 spiro atoms. The van der Waals surface area contributed by atoms with Crippen LogP contribution in [0.2, 0.25) is 0 Å². The molecule has 0 saturated heterocycles. The van der Waals surface area contributed by atoms with Gasteiger partial charge in [0, 0.05) is 12.6 Å². The van der Waals surface area contributed by atoms with E-state index in [2.05, 4.69) is 29.1 Å². The molecule has 2 aromatic heterocycles. The normalized spacial score (nSPS) is 10.8. The molecule has 0 atom stereocenters. The maximum Gasteiger partial charge on any atom is 0.232 e. The van der Waals surface area contributed by atoms with E-state index in [1.807, 2.05) is 12.1 Å². The van der Waals surface area contributed by atoms with Gasteiger partial charge >= 0.3 is 0 Å². The lowest BCUT2D eigenvalue weighted by Crippen LogP contribution is -2.22. The fourth-order valence-corrected chi connectivity index (χ4v) is 1.36. The van der Waals surface area contributed by atoms with Crippen molar-refractivity contribution in [3.63, 3.8) is 0 Å². The molecule has 0 saturated carbocycles. The third kappa shape index (κ3) is 3.85. The van der Waals surface area contributed by atoms with Gasteiger partial charge in [0.15, 0.2) is 0 Å². The topological polar surface area (TPSA) is 60.2 Å². The van der Waals surface area contributed by atoms with Crippen molar-refractivity contribution in [2.75, 3.05) is 0 Å². The first-order valence-corrected chi connectivity index (χ1v) is 5.93. The molecule has 2 rings (SSSR count). The maximum absolute atomic E-state index is 5.44. The van der Waals surface area contributed by atoms with Crippen LogP contribution in [0.1, 0.15) is 25.3 Å². The fraction of sp³-hybridized carbons (Fsp3) is 0.385. The second-order valence-corrected chi connectivity index (χ2v) is 4.25. The first-order chi connectivity index (χ1) is 8.74. The van der Waals surface area contributed by atoms with E-state index in [4.69, 9.17) is 9.15 Å². The van der Waals surface area contributed by atoms with Gasteiger partial charge in [0.25, 0.3) is 0 Å². The summed E-state index contributed by atoms with van der Waals surface area (Å²) >= 11 is 0. The van der Waals surface area contributed by atoms with E-state index in [-0.39, 0.29) is 0 Å². The summed E-state index contributed by atoms with van der Waals surface area (Å²) < 4.78 is 10.6. The van der Waals surface area contributed by atoms with Gasteiger partial charge in [-0.05, 0) is 12.1 Å². The van der Waals surface area contributed by atoms with Gasteiger partial charge in [0.1, 0.15) is 12.4 Å². The Morgan fingerprint density at radius 3 is 2.83 bits per heavy atom. The van der Waals surface area contributed by atoms with Gasteiger partial charge in [-0.3, -0.25) is 4.98 Å².